The number of furan rings is 1. The number of imidazole rings is 1. The Morgan fingerprint density at radius 2 is 1.94 bits per heavy atom. The minimum atomic E-state index is 0.853. The van der Waals surface area contributed by atoms with Gasteiger partial charge in [0.1, 0.15) is 0 Å². The lowest BCUT2D eigenvalue weighted by atomic mass is 10.1. The molecule has 0 spiro atoms. The fourth-order valence-corrected chi connectivity index (χ4v) is 1.82. The van der Waals surface area contributed by atoms with Crippen LogP contribution in [-0.2, 0) is 6.54 Å². The highest BCUT2D eigenvalue weighted by molar-refractivity contribution is 5.62. The summed E-state index contributed by atoms with van der Waals surface area (Å²) in [5.74, 6) is 0. The molecular formula is C14H12N2O. The highest BCUT2D eigenvalue weighted by Gasteiger charge is 1.99. The molecule has 0 radical (unpaired) electrons. The first-order valence-electron chi connectivity index (χ1n) is 5.49. The summed E-state index contributed by atoms with van der Waals surface area (Å²) in [6.07, 6.45) is 9.02. The van der Waals surface area contributed by atoms with Crippen molar-refractivity contribution in [2.45, 2.75) is 6.54 Å². The molecule has 3 heteroatoms. The molecule has 2 aromatic heterocycles. The quantitative estimate of drug-likeness (QED) is 0.684. The van der Waals surface area contributed by atoms with Crippen molar-refractivity contribution < 1.29 is 4.42 Å². The van der Waals surface area contributed by atoms with Crippen LogP contribution in [-0.4, -0.2) is 9.55 Å². The van der Waals surface area contributed by atoms with Crippen LogP contribution in [0.25, 0.3) is 11.1 Å². The van der Waals surface area contributed by atoms with Gasteiger partial charge in [-0.1, -0.05) is 24.3 Å². The lowest BCUT2D eigenvalue weighted by molar-refractivity contribution is 0.568. The van der Waals surface area contributed by atoms with E-state index in [1.165, 1.54) is 11.1 Å². The van der Waals surface area contributed by atoms with Gasteiger partial charge in [-0.25, -0.2) is 4.98 Å². The van der Waals surface area contributed by atoms with Gasteiger partial charge in [-0.3, -0.25) is 0 Å². The van der Waals surface area contributed by atoms with Crippen molar-refractivity contribution in [3.63, 3.8) is 0 Å². The summed E-state index contributed by atoms with van der Waals surface area (Å²) in [7, 11) is 0. The molecule has 3 rings (SSSR count). The van der Waals surface area contributed by atoms with Crippen LogP contribution in [0.15, 0.2) is 66.0 Å². The Labute approximate surface area is 99.3 Å². The van der Waals surface area contributed by atoms with Crippen molar-refractivity contribution in [3.05, 3.63) is 67.1 Å². The summed E-state index contributed by atoms with van der Waals surface area (Å²) in [5, 5.41) is 0. The average Bonchev–Trinajstić information content (AvgIpc) is 3.01. The lowest BCUT2D eigenvalue weighted by Gasteiger charge is -2.03. The summed E-state index contributed by atoms with van der Waals surface area (Å²) in [6.45, 7) is 0.853. The van der Waals surface area contributed by atoms with E-state index >= 15 is 0 Å². The van der Waals surface area contributed by atoms with Gasteiger partial charge in [0.15, 0.2) is 0 Å². The topological polar surface area (TPSA) is 31.0 Å². The van der Waals surface area contributed by atoms with Crippen LogP contribution >= 0.6 is 0 Å². The van der Waals surface area contributed by atoms with Crippen molar-refractivity contribution in [2.75, 3.05) is 0 Å². The number of hydrogen-bond donors (Lipinski definition) is 0. The average molecular weight is 224 g/mol. The Morgan fingerprint density at radius 1 is 1.06 bits per heavy atom. The molecule has 3 nitrogen and oxygen atoms in total. The molecule has 0 saturated carbocycles. The Balaban J connectivity index is 1.81. The van der Waals surface area contributed by atoms with E-state index in [1.54, 1.807) is 18.7 Å². The van der Waals surface area contributed by atoms with Gasteiger partial charge in [-0.2, -0.15) is 0 Å². The van der Waals surface area contributed by atoms with Crippen LogP contribution in [0.2, 0.25) is 0 Å². The zero-order valence-corrected chi connectivity index (χ0v) is 9.28. The van der Waals surface area contributed by atoms with E-state index in [4.69, 9.17) is 4.42 Å². The molecule has 0 atom stereocenters. The van der Waals surface area contributed by atoms with E-state index in [9.17, 15) is 0 Å². The Morgan fingerprint density at radius 3 is 2.59 bits per heavy atom. The summed E-state index contributed by atoms with van der Waals surface area (Å²) >= 11 is 0. The highest BCUT2D eigenvalue weighted by atomic mass is 16.3. The fraction of sp³-hybridized carbons (Fsp3) is 0.0714. The van der Waals surface area contributed by atoms with Crippen molar-refractivity contribution >= 4 is 0 Å². The minimum absolute atomic E-state index is 0.853. The largest absolute Gasteiger partial charge is 0.472 e. The van der Waals surface area contributed by atoms with Crippen LogP contribution in [0.1, 0.15) is 5.56 Å². The molecule has 0 bridgehead atoms. The molecule has 0 aliphatic rings. The predicted octanol–water partition coefficient (Wildman–Crippen LogP) is 3.19. The van der Waals surface area contributed by atoms with Gasteiger partial charge < -0.3 is 8.98 Å². The molecule has 17 heavy (non-hydrogen) atoms. The molecule has 84 valence electrons. The van der Waals surface area contributed by atoms with Crippen LogP contribution in [0, 0.1) is 0 Å². The standard InChI is InChI=1S/C14H12N2O/c1-3-13(14-5-8-17-10-14)4-2-12(1)9-16-7-6-15-11-16/h1-8,10-11H,9H2. The summed E-state index contributed by atoms with van der Waals surface area (Å²) in [4.78, 5) is 4.03. The third kappa shape index (κ3) is 2.13. The molecule has 0 N–H and O–H groups in total. The molecule has 0 saturated heterocycles. The smallest absolute Gasteiger partial charge is 0.0980 e. The van der Waals surface area contributed by atoms with E-state index in [2.05, 4.69) is 29.2 Å². The number of aromatic nitrogens is 2. The van der Waals surface area contributed by atoms with E-state index < -0.39 is 0 Å². The molecule has 3 aromatic rings. The molecule has 2 heterocycles. The maximum absolute atomic E-state index is 5.07. The minimum Gasteiger partial charge on any atom is -0.472 e. The van der Waals surface area contributed by atoms with Gasteiger partial charge in [-0.15, -0.1) is 0 Å². The van der Waals surface area contributed by atoms with Crippen LogP contribution < -0.4 is 0 Å². The summed E-state index contributed by atoms with van der Waals surface area (Å²) in [6, 6.07) is 10.4. The van der Waals surface area contributed by atoms with Gasteiger partial charge in [0, 0.05) is 24.5 Å². The molecule has 0 amide bonds. The van der Waals surface area contributed by atoms with E-state index in [0.29, 0.717) is 0 Å². The normalized spacial score (nSPS) is 10.6. The van der Waals surface area contributed by atoms with Crippen molar-refractivity contribution in [3.8, 4) is 11.1 Å². The zero-order valence-electron chi connectivity index (χ0n) is 9.28. The maximum Gasteiger partial charge on any atom is 0.0980 e. The van der Waals surface area contributed by atoms with Crippen molar-refractivity contribution in [1.29, 1.82) is 0 Å². The van der Waals surface area contributed by atoms with Crippen molar-refractivity contribution in [2.24, 2.45) is 0 Å². The molecule has 0 fully saturated rings. The van der Waals surface area contributed by atoms with Crippen LogP contribution in [0.5, 0.6) is 0 Å². The van der Waals surface area contributed by atoms with Crippen molar-refractivity contribution in [1.82, 2.24) is 9.55 Å². The number of nitrogens with zero attached hydrogens (tertiary/aromatic N) is 2. The molecule has 0 unspecified atom stereocenters. The number of hydrogen-bond acceptors (Lipinski definition) is 2. The van der Waals surface area contributed by atoms with E-state index in [1.807, 2.05) is 23.2 Å². The van der Waals surface area contributed by atoms with Gasteiger partial charge in [0.2, 0.25) is 0 Å². The first-order chi connectivity index (χ1) is 8.42. The van der Waals surface area contributed by atoms with Gasteiger partial charge in [0.25, 0.3) is 0 Å². The zero-order chi connectivity index (χ0) is 11.5. The van der Waals surface area contributed by atoms with Gasteiger partial charge in [0.05, 0.1) is 18.9 Å². The second-order valence-corrected chi connectivity index (χ2v) is 3.94. The summed E-state index contributed by atoms with van der Waals surface area (Å²) < 4.78 is 7.12. The number of benzene rings is 1. The lowest BCUT2D eigenvalue weighted by Crippen LogP contribution is -1.95. The SMILES string of the molecule is c1cn(Cc2ccc(-c3ccoc3)cc2)cn1. The van der Waals surface area contributed by atoms with Gasteiger partial charge >= 0.3 is 0 Å². The Kier molecular flexibility index (Phi) is 2.50. The predicted molar refractivity (Wildman–Crippen MR) is 65.5 cm³/mol. The monoisotopic (exact) mass is 224 g/mol. The van der Waals surface area contributed by atoms with E-state index in [-0.39, 0.29) is 0 Å². The Hall–Kier alpha value is -2.29. The molecule has 1 aromatic carbocycles. The highest BCUT2D eigenvalue weighted by Crippen LogP contribution is 2.20. The first-order valence-corrected chi connectivity index (χ1v) is 5.49. The second-order valence-electron chi connectivity index (χ2n) is 3.94. The molecule has 0 aliphatic carbocycles. The summed E-state index contributed by atoms with van der Waals surface area (Å²) in [5.41, 5.74) is 3.54. The van der Waals surface area contributed by atoms with Crippen LogP contribution in [0.4, 0.5) is 0 Å². The molecule has 0 aliphatic heterocycles. The van der Waals surface area contributed by atoms with Crippen LogP contribution in [0.3, 0.4) is 0 Å². The fourth-order valence-electron chi connectivity index (χ4n) is 1.82. The van der Waals surface area contributed by atoms with Gasteiger partial charge in [-0.05, 0) is 17.2 Å². The van der Waals surface area contributed by atoms with E-state index in [0.717, 1.165) is 12.1 Å². The third-order valence-electron chi connectivity index (χ3n) is 2.73. The second kappa shape index (κ2) is 4.29. The number of rotatable bonds is 3. The first kappa shape index (κ1) is 9.90. The molecular weight excluding hydrogens is 212 g/mol. The third-order valence-corrected chi connectivity index (χ3v) is 2.73. The maximum atomic E-state index is 5.07. The Bertz CT molecular complexity index is 565.